The van der Waals surface area contributed by atoms with E-state index in [4.69, 9.17) is 37.4 Å². The molecular weight excluding hydrogens is 391 g/mol. The van der Waals surface area contributed by atoms with Crippen LogP contribution in [0.15, 0.2) is 36.4 Å². The lowest BCUT2D eigenvalue weighted by Crippen LogP contribution is -2.09. The van der Waals surface area contributed by atoms with Gasteiger partial charge in [-0.2, -0.15) is 0 Å². The number of esters is 1. The molecule has 0 saturated heterocycles. The highest BCUT2D eigenvalue weighted by Gasteiger charge is 2.10. The van der Waals surface area contributed by atoms with E-state index in [2.05, 4.69) is 0 Å². The molecule has 0 aliphatic heterocycles. The van der Waals surface area contributed by atoms with E-state index in [1.54, 1.807) is 24.3 Å². The number of hydrogen-bond acceptors (Lipinski definition) is 5. The molecule has 27 heavy (non-hydrogen) atoms. The Morgan fingerprint density at radius 3 is 2.22 bits per heavy atom. The van der Waals surface area contributed by atoms with Gasteiger partial charge in [-0.05, 0) is 51.0 Å². The van der Waals surface area contributed by atoms with E-state index < -0.39 is 0 Å². The van der Waals surface area contributed by atoms with Crippen molar-refractivity contribution in [2.24, 2.45) is 0 Å². The van der Waals surface area contributed by atoms with Crippen LogP contribution >= 0.6 is 23.2 Å². The average molecular weight is 413 g/mol. The maximum absolute atomic E-state index is 12.0. The second kappa shape index (κ2) is 10.3. The fourth-order valence-corrected chi connectivity index (χ4v) is 2.84. The zero-order valence-electron chi connectivity index (χ0n) is 15.2. The monoisotopic (exact) mass is 412 g/mol. The first kappa shape index (κ1) is 21.2. The molecule has 0 heterocycles. The van der Waals surface area contributed by atoms with E-state index in [0.29, 0.717) is 36.5 Å². The van der Waals surface area contributed by atoms with Gasteiger partial charge in [-0.25, -0.2) is 4.79 Å². The Morgan fingerprint density at radius 2 is 1.63 bits per heavy atom. The highest BCUT2D eigenvalue weighted by molar-refractivity contribution is 6.37. The molecule has 0 unspecified atom stereocenters. The fraction of sp³-hybridized carbons (Fsp3) is 0.350. The fourth-order valence-electron chi connectivity index (χ4n) is 2.25. The predicted octanol–water partition coefficient (Wildman–Crippen LogP) is 5.50. The second-order valence-corrected chi connectivity index (χ2v) is 6.94. The Labute approximate surface area is 168 Å². The maximum Gasteiger partial charge on any atom is 0.338 e. The summed E-state index contributed by atoms with van der Waals surface area (Å²) in [5, 5.41) is 9.87. The number of halogens is 2. The van der Waals surface area contributed by atoms with Crippen molar-refractivity contribution in [2.45, 2.75) is 32.8 Å². The summed E-state index contributed by atoms with van der Waals surface area (Å²) in [6.07, 6.45) is 1.37. The van der Waals surface area contributed by atoms with Crippen LogP contribution in [0.5, 0.6) is 17.2 Å². The van der Waals surface area contributed by atoms with Crippen molar-refractivity contribution in [3.63, 3.8) is 0 Å². The van der Waals surface area contributed by atoms with Crippen LogP contribution in [0.25, 0.3) is 0 Å². The van der Waals surface area contributed by atoms with Crippen LogP contribution in [0.2, 0.25) is 10.0 Å². The number of aromatic hydroxyl groups is 1. The van der Waals surface area contributed by atoms with Gasteiger partial charge in [0.15, 0.2) is 5.75 Å². The lowest BCUT2D eigenvalue weighted by molar-refractivity contribution is 0.0494. The smallest absolute Gasteiger partial charge is 0.338 e. The van der Waals surface area contributed by atoms with Gasteiger partial charge in [-0.1, -0.05) is 23.2 Å². The molecule has 0 aliphatic rings. The number of rotatable bonds is 9. The maximum atomic E-state index is 12.0. The molecule has 0 aromatic heterocycles. The number of ether oxygens (including phenoxy) is 3. The highest BCUT2D eigenvalue weighted by atomic mass is 35.5. The number of carbonyl (C=O) groups excluding carboxylic acids is 1. The molecule has 1 N–H and O–H groups in total. The minimum Gasteiger partial charge on any atom is -0.508 e. The molecule has 2 aromatic carbocycles. The van der Waals surface area contributed by atoms with E-state index in [1.165, 1.54) is 12.1 Å². The third kappa shape index (κ3) is 6.85. The molecule has 0 aliphatic carbocycles. The van der Waals surface area contributed by atoms with Gasteiger partial charge in [0.05, 0.1) is 34.9 Å². The Balaban J connectivity index is 1.69. The minimum absolute atomic E-state index is 0.0203. The molecule has 2 rings (SSSR count). The molecule has 2 aromatic rings. The topological polar surface area (TPSA) is 65.0 Å². The number of phenolic OH excluding ortho intramolecular Hbond substituents is 1. The molecule has 5 nitrogen and oxygen atoms in total. The summed E-state index contributed by atoms with van der Waals surface area (Å²) in [4.78, 5) is 12.0. The van der Waals surface area contributed by atoms with Crippen LogP contribution in [-0.4, -0.2) is 30.4 Å². The van der Waals surface area contributed by atoms with E-state index in [0.717, 1.165) is 0 Å². The van der Waals surface area contributed by atoms with E-state index in [9.17, 15) is 9.90 Å². The summed E-state index contributed by atoms with van der Waals surface area (Å²) >= 11 is 12.0. The van der Waals surface area contributed by atoms with Gasteiger partial charge in [0.25, 0.3) is 0 Å². The van der Waals surface area contributed by atoms with E-state index in [1.807, 2.05) is 13.8 Å². The lowest BCUT2D eigenvalue weighted by Gasteiger charge is -2.11. The van der Waals surface area contributed by atoms with Crippen LogP contribution < -0.4 is 9.47 Å². The van der Waals surface area contributed by atoms with Gasteiger partial charge in [-0.15, -0.1) is 0 Å². The summed E-state index contributed by atoms with van der Waals surface area (Å²) in [5.41, 5.74) is 0.477. The average Bonchev–Trinajstić information content (AvgIpc) is 2.59. The largest absolute Gasteiger partial charge is 0.508 e. The first-order valence-electron chi connectivity index (χ1n) is 8.61. The predicted molar refractivity (Wildman–Crippen MR) is 105 cm³/mol. The van der Waals surface area contributed by atoms with Gasteiger partial charge in [-0.3, -0.25) is 0 Å². The Kier molecular flexibility index (Phi) is 8.07. The van der Waals surface area contributed by atoms with Gasteiger partial charge in [0, 0.05) is 12.1 Å². The molecule has 0 spiro atoms. The number of unbranched alkanes of at least 4 members (excludes halogenated alkanes) is 1. The quantitative estimate of drug-likeness (QED) is 0.434. The first-order chi connectivity index (χ1) is 12.9. The number of hydrogen-bond donors (Lipinski definition) is 1. The molecule has 0 fully saturated rings. The third-order valence-electron chi connectivity index (χ3n) is 3.46. The normalized spacial score (nSPS) is 10.7. The zero-order valence-corrected chi connectivity index (χ0v) is 16.7. The van der Waals surface area contributed by atoms with Crippen LogP contribution in [0.4, 0.5) is 0 Å². The molecule has 0 saturated carbocycles. The summed E-state index contributed by atoms with van der Waals surface area (Å²) < 4.78 is 16.3. The molecule has 0 bridgehead atoms. The molecule has 146 valence electrons. The SMILES string of the molecule is CC(C)Oc1ccc(C(=O)OCCCCOc2c(Cl)cc(O)cc2Cl)cc1. The first-order valence-corrected chi connectivity index (χ1v) is 9.37. The molecule has 7 heteroatoms. The van der Waals surface area contributed by atoms with Gasteiger partial charge in [0.2, 0.25) is 0 Å². The third-order valence-corrected chi connectivity index (χ3v) is 4.02. The Bertz CT molecular complexity index is 736. The van der Waals surface area contributed by atoms with E-state index in [-0.39, 0.29) is 34.5 Å². The van der Waals surface area contributed by atoms with Gasteiger partial charge < -0.3 is 19.3 Å². The van der Waals surface area contributed by atoms with Crippen molar-refractivity contribution in [3.8, 4) is 17.2 Å². The van der Waals surface area contributed by atoms with Crippen LogP contribution in [0.3, 0.4) is 0 Å². The highest BCUT2D eigenvalue weighted by Crippen LogP contribution is 2.36. The van der Waals surface area contributed by atoms with E-state index >= 15 is 0 Å². The van der Waals surface area contributed by atoms with Crippen LogP contribution in [0.1, 0.15) is 37.0 Å². The molecule has 0 radical (unpaired) electrons. The standard InChI is InChI=1S/C20H22Cl2O5/c1-13(2)27-16-7-5-14(6-8-16)20(24)26-10-4-3-9-25-19-17(21)11-15(23)12-18(19)22/h5-8,11-13,23H,3-4,9-10H2,1-2H3. The van der Waals surface area contributed by atoms with Crippen molar-refractivity contribution in [1.82, 2.24) is 0 Å². The van der Waals surface area contributed by atoms with Crippen molar-refractivity contribution < 1.29 is 24.1 Å². The van der Waals surface area contributed by atoms with Gasteiger partial charge >= 0.3 is 5.97 Å². The van der Waals surface area contributed by atoms with Crippen molar-refractivity contribution in [3.05, 3.63) is 52.0 Å². The van der Waals surface area contributed by atoms with Crippen molar-refractivity contribution in [2.75, 3.05) is 13.2 Å². The van der Waals surface area contributed by atoms with Crippen LogP contribution in [0, 0.1) is 0 Å². The Hall–Kier alpha value is -2.11. The number of phenols is 1. The zero-order chi connectivity index (χ0) is 19.8. The number of carbonyl (C=O) groups is 1. The van der Waals surface area contributed by atoms with Crippen molar-refractivity contribution in [1.29, 1.82) is 0 Å². The van der Waals surface area contributed by atoms with Crippen molar-refractivity contribution >= 4 is 29.2 Å². The summed E-state index contributed by atoms with van der Waals surface area (Å²) in [5.74, 6) is 0.645. The summed E-state index contributed by atoms with van der Waals surface area (Å²) in [7, 11) is 0. The van der Waals surface area contributed by atoms with Crippen LogP contribution in [-0.2, 0) is 4.74 Å². The second-order valence-electron chi connectivity index (χ2n) is 6.12. The number of benzene rings is 2. The minimum atomic E-state index is -0.378. The summed E-state index contributed by atoms with van der Waals surface area (Å²) in [6.45, 7) is 4.53. The summed E-state index contributed by atoms with van der Waals surface area (Å²) in [6, 6.07) is 9.57. The molecule has 0 atom stereocenters. The van der Waals surface area contributed by atoms with Gasteiger partial charge in [0.1, 0.15) is 11.5 Å². The molecular formula is C20H22Cl2O5. The lowest BCUT2D eigenvalue weighted by atomic mass is 10.2. The Morgan fingerprint density at radius 1 is 1.04 bits per heavy atom. The molecule has 0 amide bonds.